The lowest BCUT2D eigenvalue weighted by Gasteiger charge is -2.22. The van der Waals surface area contributed by atoms with E-state index in [1.807, 2.05) is 0 Å². The van der Waals surface area contributed by atoms with Crippen molar-refractivity contribution in [3.63, 3.8) is 0 Å². The van der Waals surface area contributed by atoms with Gasteiger partial charge in [-0.3, -0.25) is 4.90 Å². The van der Waals surface area contributed by atoms with Gasteiger partial charge in [0, 0.05) is 19.6 Å². The first kappa shape index (κ1) is 15.5. The highest BCUT2D eigenvalue weighted by atomic mass is 15.1. The van der Waals surface area contributed by atoms with Gasteiger partial charge < -0.3 is 5.32 Å². The van der Waals surface area contributed by atoms with Crippen LogP contribution in [0.25, 0.3) is 0 Å². The number of hydrogen-bond acceptors (Lipinski definition) is 2. The van der Waals surface area contributed by atoms with Crippen molar-refractivity contribution >= 4 is 0 Å². The Morgan fingerprint density at radius 1 is 1.20 bits per heavy atom. The molecule has 1 N–H and O–H groups in total. The van der Waals surface area contributed by atoms with Crippen molar-refractivity contribution in [3.8, 4) is 0 Å². The van der Waals surface area contributed by atoms with Crippen molar-refractivity contribution in [3.05, 3.63) is 35.4 Å². The van der Waals surface area contributed by atoms with Crippen molar-refractivity contribution in [2.24, 2.45) is 11.8 Å². The number of nitrogens with zero attached hydrogens (tertiary/aromatic N) is 1. The molecule has 0 atom stereocenters. The van der Waals surface area contributed by atoms with E-state index in [2.05, 4.69) is 55.3 Å². The molecule has 2 nitrogen and oxygen atoms in total. The van der Waals surface area contributed by atoms with E-state index in [4.69, 9.17) is 0 Å². The second kappa shape index (κ2) is 7.80. The smallest absolute Gasteiger partial charge is 0.0236 e. The molecule has 0 bridgehead atoms. The Kier molecular flexibility index (Phi) is 6.06. The lowest BCUT2D eigenvalue weighted by Crippen LogP contribution is -2.26. The van der Waals surface area contributed by atoms with Gasteiger partial charge in [-0.05, 0) is 48.9 Å². The van der Waals surface area contributed by atoms with E-state index in [-0.39, 0.29) is 0 Å². The molecule has 2 rings (SSSR count). The van der Waals surface area contributed by atoms with E-state index < -0.39 is 0 Å². The van der Waals surface area contributed by atoms with Crippen LogP contribution in [0.4, 0.5) is 0 Å². The molecule has 1 aliphatic rings. The van der Waals surface area contributed by atoms with E-state index in [0.29, 0.717) is 5.92 Å². The Morgan fingerprint density at radius 3 is 2.50 bits per heavy atom. The molecule has 0 radical (unpaired) electrons. The van der Waals surface area contributed by atoms with Gasteiger partial charge in [0.15, 0.2) is 0 Å². The van der Waals surface area contributed by atoms with Crippen LogP contribution in [0.3, 0.4) is 0 Å². The van der Waals surface area contributed by atoms with E-state index >= 15 is 0 Å². The van der Waals surface area contributed by atoms with Gasteiger partial charge in [-0.25, -0.2) is 0 Å². The molecule has 2 heteroatoms. The van der Waals surface area contributed by atoms with Crippen LogP contribution < -0.4 is 5.32 Å². The summed E-state index contributed by atoms with van der Waals surface area (Å²) >= 11 is 0. The third kappa shape index (κ3) is 5.26. The Morgan fingerprint density at radius 2 is 1.90 bits per heavy atom. The van der Waals surface area contributed by atoms with Gasteiger partial charge in [-0.15, -0.1) is 0 Å². The van der Waals surface area contributed by atoms with Crippen LogP contribution in [0.2, 0.25) is 0 Å². The zero-order valence-electron chi connectivity index (χ0n) is 13.4. The molecule has 0 amide bonds. The minimum Gasteiger partial charge on any atom is -0.312 e. The first-order valence-electron chi connectivity index (χ1n) is 8.19. The Labute approximate surface area is 124 Å². The highest BCUT2D eigenvalue weighted by Crippen LogP contribution is 2.30. The van der Waals surface area contributed by atoms with Gasteiger partial charge in [0.1, 0.15) is 0 Å². The molecule has 112 valence electrons. The van der Waals surface area contributed by atoms with E-state index in [0.717, 1.165) is 32.1 Å². The SMILES string of the molecule is CCN(Cc1ccccc1CNCC(C)C)CC1CC1. The van der Waals surface area contributed by atoms with Gasteiger partial charge in [0.05, 0.1) is 0 Å². The lowest BCUT2D eigenvalue weighted by atomic mass is 10.1. The van der Waals surface area contributed by atoms with Crippen LogP contribution in [0, 0.1) is 11.8 Å². The Hall–Kier alpha value is -0.860. The van der Waals surface area contributed by atoms with Crippen molar-refractivity contribution in [2.75, 3.05) is 19.6 Å². The van der Waals surface area contributed by atoms with Gasteiger partial charge in [-0.2, -0.15) is 0 Å². The molecule has 20 heavy (non-hydrogen) atoms. The van der Waals surface area contributed by atoms with Crippen molar-refractivity contribution in [2.45, 2.75) is 46.7 Å². The van der Waals surface area contributed by atoms with Crippen molar-refractivity contribution in [1.82, 2.24) is 10.2 Å². The molecule has 1 aliphatic carbocycles. The summed E-state index contributed by atoms with van der Waals surface area (Å²) in [7, 11) is 0. The second-order valence-electron chi connectivity index (χ2n) is 6.56. The summed E-state index contributed by atoms with van der Waals surface area (Å²) in [4.78, 5) is 2.60. The second-order valence-corrected chi connectivity index (χ2v) is 6.56. The molecule has 0 heterocycles. The van der Waals surface area contributed by atoms with Gasteiger partial charge in [-0.1, -0.05) is 45.0 Å². The highest BCUT2D eigenvalue weighted by molar-refractivity contribution is 5.27. The summed E-state index contributed by atoms with van der Waals surface area (Å²) in [6.45, 7) is 12.4. The molecule has 0 aliphatic heterocycles. The maximum absolute atomic E-state index is 3.57. The fraction of sp³-hybridized carbons (Fsp3) is 0.667. The maximum atomic E-state index is 3.57. The molecular weight excluding hydrogens is 244 g/mol. The summed E-state index contributed by atoms with van der Waals surface area (Å²) < 4.78 is 0. The van der Waals surface area contributed by atoms with Crippen molar-refractivity contribution < 1.29 is 0 Å². The standard InChI is InChI=1S/C18H30N2/c1-4-20(13-16-9-10-16)14-18-8-6-5-7-17(18)12-19-11-15(2)3/h5-8,15-16,19H,4,9-14H2,1-3H3. The quantitative estimate of drug-likeness (QED) is 0.739. The van der Waals surface area contributed by atoms with E-state index in [1.54, 1.807) is 0 Å². The average molecular weight is 274 g/mol. The molecule has 0 saturated heterocycles. The van der Waals surface area contributed by atoms with Crippen LogP contribution in [-0.2, 0) is 13.1 Å². The molecule has 0 aromatic heterocycles. The number of benzene rings is 1. The normalized spacial score (nSPS) is 15.2. The third-order valence-corrected chi connectivity index (χ3v) is 4.04. The average Bonchev–Trinajstić information content (AvgIpc) is 3.23. The fourth-order valence-electron chi connectivity index (χ4n) is 2.59. The molecular formula is C18H30N2. The fourth-order valence-corrected chi connectivity index (χ4v) is 2.59. The maximum Gasteiger partial charge on any atom is 0.0236 e. The summed E-state index contributed by atoms with van der Waals surface area (Å²) in [5, 5.41) is 3.57. The molecule has 1 saturated carbocycles. The zero-order valence-corrected chi connectivity index (χ0v) is 13.4. The minimum absolute atomic E-state index is 0.712. The van der Waals surface area contributed by atoms with Crippen LogP contribution in [0.15, 0.2) is 24.3 Å². The molecule has 0 spiro atoms. The lowest BCUT2D eigenvalue weighted by molar-refractivity contribution is 0.267. The number of rotatable bonds is 9. The minimum atomic E-state index is 0.712. The summed E-state index contributed by atoms with van der Waals surface area (Å²) in [6.07, 6.45) is 2.88. The first-order chi connectivity index (χ1) is 9.69. The Balaban J connectivity index is 1.91. The predicted octanol–water partition coefficient (Wildman–Crippen LogP) is 3.66. The molecule has 1 aromatic carbocycles. The zero-order chi connectivity index (χ0) is 14.4. The van der Waals surface area contributed by atoms with Gasteiger partial charge in [0.25, 0.3) is 0 Å². The number of nitrogens with one attached hydrogen (secondary N) is 1. The van der Waals surface area contributed by atoms with Gasteiger partial charge >= 0.3 is 0 Å². The third-order valence-electron chi connectivity index (χ3n) is 4.04. The van der Waals surface area contributed by atoms with Crippen LogP contribution >= 0.6 is 0 Å². The van der Waals surface area contributed by atoms with Crippen molar-refractivity contribution in [1.29, 1.82) is 0 Å². The van der Waals surface area contributed by atoms with Crippen LogP contribution in [0.1, 0.15) is 44.7 Å². The number of hydrogen-bond donors (Lipinski definition) is 1. The first-order valence-corrected chi connectivity index (χ1v) is 8.19. The molecule has 1 fully saturated rings. The van der Waals surface area contributed by atoms with E-state index in [1.165, 1.54) is 30.5 Å². The van der Waals surface area contributed by atoms with Crippen LogP contribution in [0.5, 0.6) is 0 Å². The summed E-state index contributed by atoms with van der Waals surface area (Å²) in [5.74, 6) is 1.69. The molecule has 1 aromatic rings. The van der Waals surface area contributed by atoms with Crippen LogP contribution in [-0.4, -0.2) is 24.5 Å². The topological polar surface area (TPSA) is 15.3 Å². The summed E-state index contributed by atoms with van der Waals surface area (Å²) in [5.41, 5.74) is 2.95. The largest absolute Gasteiger partial charge is 0.312 e. The Bertz CT molecular complexity index is 396. The highest BCUT2D eigenvalue weighted by Gasteiger charge is 2.23. The summed E-state index contributed by atoms with van der Waals surface area (Å²) in [6, 6.07) is 8.90. The van der Waals surface area contributed by atoms with E-state index in [9.17, 15) is 0 Å². The van der Waals surface area contributed by atoms with Gasteiger partial charge in [0.2, 0.25) is 0 Å². The molecule has 0 unspecified atom stereocenters. The predicted molar refractivity (Wildman–Crippen MR) is 86.7 cm³/mol. The monoisotopic (exact) mass is 274 g/mol.